The van der Waals surface area contributed by atoms with Crippen LogP contribution < -0.4 is 10.7 Å². The lowest BCUT2D eigenvalue weighted by Gasteiger charge is -1.95. The Kier molecular flexibility index (Phi) is 1.37. The van der Waals surface area contributed by atoms with E-state index in [-0.39, 0.29) is 11.1 Å². The van der Waals surface area contributed by atoms with Crippen molar-refractivity contribution in [2.45, 2.75) is 0 Å². The summed E-state index contributed by atoms with van der Waals surface area (Å²) in [6.45, 7) is 0. The molecular formula is C9H4N4O2. The first-order valence-electron chi connectivity index (χ1n) is 4.19. The molecule has 0 unspecified atom stereocenters. The molecule has 0 spiro atoms. The Morgan fingerprint density at radius 1 is 1.20 bits per heavy atom. The third kappa shape index (κ3) is 1.01. The summed E-state index contributed by atoms with van der Waals surface area (Å²) in [5.74, 6) is -0.0919. The van der Waals surface area contributed by atoms with Crippen molar-refractivity contribution in [1.82, 2.24) is 9.97 Å². The topological polar surface area (TPSA) is 87.8 Å². The molecule has 0 radical (unpaired) electrons. The summed E-state index contributed by atoms with van der Waals surface area (Å²) < 4.78 is 0. The van der Waals surface area contributed by atoms with Gasteiger partial charge in [0.15, 0.2) is 0 Å². The average molecular weight is 200 g/mol. The number of benzene rings is 1. The number of rotatable bonds is 0. The maximum atomic E-state index is 11.0. The summed E-state index contributed by atoms with van der Waals surface area (Å²) in [5, 5.41) is 10.7. The molecule has 15 heavy (non-hydrogen) atoms. The smallest absolute Gasteiger partial charge is 0.368 e. The fraction of sp³-hybridized carbons (Fsp3) is 0. The minimum Gasteiger partial charge on any atom is -0.506 e. The molecule has 0 aliphatic carbocycles. The van der Waals surface area contributed by atoms with E-state index < -0.39 is 6.03 Å². The number of hydrogen-bond acceptors (Lipinski definition) is 4. The number of aromatic nitrogens is 2. The summed E-state index contributed by atoms with van der Waals surface area (Å²) >= 11 is 0. The van der Waals surface area contributed by atoms with Gasteiger partial charge in [-0.15, -0.1) is 0 Å². The van der Waals surface area contributed by atoms with E-state index in [1.165, 1.54) is 18.6 Å². The molecule has 0 saturated carbocycles. The molecule has 6 nitrogen and oxygen atoms in total. The normalized spacial score (nSPS) is 13.5. The lowest BCUT2D eigenvalue weighted by Crippen LogP contribution is -2.23. The molecule has 1 aromatic heterocycles. The summed E-state index contributed by atoms with van der Waals surface area (Å²) in [7, 11) is 0. The van der Waals surface area contributed by atoms with Gasteiger partial charge in [-0.2, -0.15) is 9.98 Å². The van der Waals surface area contributed by atoms with Crippen LogP contribution in [0.15, 0.2) is 28.6 Å². The standard InChI is InChI=1S/C9H4N4O2/c14-6-1-5-4(2-10-3-11-5)7-8(6)13-9(15)12-7/h1-3,14H. The van der Waals surface area contributed by atoms with Gasteiger partial charge in [-0.1, -0.05) is 0 Å². The third-order valence-electron chi connectivity index (χ3n) is 2.15. The Labute approximate surface area is 82.7 Å². The van der Waals surface area contributed by atoms with E-state index in [9.17, 15) is 9.90 Å². The number of amides is 2. The largest absolute Gasteiger partial charge is 0.506 e. The van der Waals surface area contributed by atoms with Crippen LogP contribution in [0.3, 0.4) is 0 Å². The number of carbonyl (C=O) groups excluding carboxylic acids is 1. The number of carbonyl (C=O) groups is 1. The Bertz CT molecular complexity index is 708. The molecule has 1 aliphatic heterocycles. The highest BCUT2D eigenvalue weighted by atomic mass is 16.3. The van der Waals surface area contributed by atoms with E-state index in [4.69, 9.17) is 0 Å². The fourth-order valence-corrected chi connectivity index (χ4v) is 1.52. The van der Waals surface area contributed by atoms with Crippen LogP contribution in [-0.2, 0) is 0 Å². The highest BCUT2D eigenvalue weighted by molar-refractivity contribution is 5.84. The molecule has 2 amide bonds. The van der Waals surface area contributed by atoms with Gasteiger partial charge >= 0.3 is 6.03 Å². The molecule has 72 valence electrons. The first-order valence-corrected chi connectivity index (χ1v) is 4.19. The molecule has 1 aliphatic rings. The van der Waals surface area contributed by atoms with Gasteiger partial charge in [0, 0.05) is 17.6 Å². The zero-order valence-corrected chi connectivity index (χ0v) is 7.38. The van der Waals surface area contributed by atoms with Crippen LogP contribution in [0.4, 0.5) is 4.79 Å². The van der Waals surface area contributed by atoms with Crippen molar-refractivity contribution in [3.8, 4) is 5.75 Å². The van der Waals surface area contributed by atoms with Crippen molar-refractivity contribution < 1.29 is 9.90 Å². The van der Waals surface area contributed by atoms with Crippen LogP contribution in [0.2, 0.25) is 0 Å². The van der Waals surface area contributed by atoms with Crippen LogP contribution in [-0.4, -0.2) is 21.1 Å². The third-order valence-corrected chi connectivity index (χ3v) is 2.15. The summed E-state index contributed by atoms with van der Waals surface area (Å²) in [4.78, 5) is 26.1. The minimum atomic E-state index is -0.614. The van der Waals surface area contributed by atoms with Gasteiger partial charge < -0.3 is 5.11 Å². The minimum absolute atomic E-state index is 0.0919. The van der Waals surface area contributed by atoms with Gasteiger partial charge in [-0.3, -0.25) is 0 Å². The fourth-order valence-electron chi connectivity index (χ4n) is 1.52. The van der Waals surface area contributed by atoms with Crippen LogP contribution >= 0.6 is 0 Å². The lowest BCUT2D eigenvalue weighted by atomic mass is 10.2. The number of urea groups is 1. The van der Waals surface area contributed by atoms with E-state index in [2.05, 4.69) is 20.0 Å². The number of phenols is 1. The van der Waals surface area contributed by atoms with Crippen molar-refractivity contribution in [2.75, 3.05) is 0 Å². The highest BCUT2D eigenvalue weighted by Gasteiger charge is 2.12. The molecule has 1 N–H and O–H groups in total. The summed E-state index contributed by atoms with van der Waals surface area (Å²) in [6.07, 6.45) is 2.90. The molecule has 2 aromatic rings. The van der Waals surface area contributed by atoms with E-state index >= 15 is 0 Å². The molecule has 2 heterocycles. The second-order valence-electron chi connectivity index (χ2n) is 3.05. The average Bonchev–Trinajstić information content (AvgIpc) is 2.61. The van der Waals surface area contributed by atoms with E-state index in [0.717, 1.165) is 0 Å². The zero-order valence-electron chi connectivity index (χ0n) is 7.38. The molecule has 1 aromatic carbocycles. The predicted octanol–water partition coefficient (Wildman–Crippen LogP) is -0.292. The summed E-state index contributed by atoms with van der Waals surface area (Å²) in [6, 6.07) is 0.824. The molecule has 0 bridgehead atoms. The molecule has 3 rings (SSSR count). The molecule has 0 fully saturated rings. The second-order valence-corrected chi connectivity index (χ2v) is 3.05. The number of aromatic hydroxyl groups is 1. The van der Waals surface area contributed by atoms with Gasteiger partial charge in [0.1, 0.15) is 22.8 Å². The maximum Gasteiger partial charge on any atom is 0.368 e. The quantitative estimate of drug-likeness (QED) is 0.632. The molecule has 0 saturated heterocycles. The van der Waals surface area contributed by atoms with Crippen molar-refractivity contribution >= 4 is 16.9 Å². The van der Waals surface area contributed by atoms with Crippen molar-refractivity contribution in [3.05, 3.63) is 29.3 Å². The van der Waals surface area contributed by atoms with Crippen LogP contribution in [0, 0.1) is 0 Å². The van der Waals surface area contributed by atoms with Gasteiger partial charge in [0.05, 0.1) is 5.52 Å². The molecule has 6 heteroatoms. The number of phenolic OH excluding ortho intramolecular Hbond substituents is 1. The Balaban J connectivity index is 2.67. The number of hydrogen-bond donors (Lipinski definition) is 1. The zero-order chi connectivity index (χ0) is 10.4. The van der Waals surface area contributed by atoms with Gasteiger partial charge in [0.2, 0.25) is 0 Å². The SMILES string of the molecule is O=C1N=c2c(O)cc3ncncc3c2=N1. The number of fused-ring (bicyclic) bond motifs is 3. The van der Waals surface area contributed by atoms with E-state index in [1.54, 1.807) is 0 Å². The van der Waals surface area contributed by atoms with Crippen molar-refractivity contribution in [2.24, 2.45) is 9.98 Å². The lowest BCUT2D eigenvalue weighted by molar-refractivity contribution is 0.256. The molecular weight excluding hydrogens is 196 g/mol. The van der Waals surface area contributed by atoms with E-state index in [0.29, 0.717) is 16.3 Å². The van der Waals surface area contributed by atoms with E-state index in [1.807, 2.05) is 0 Å². The van der Waals surface area contributed by atoms with Gasteiger partial charge in [-0.05, 0) is 0 Å². The summed E-state index contributed by atoms with van der Waals surface area (Å²) in [5.41, 5.74) is 0.537. The van der Waals surface area contributed by atoms with Crippen molar-refractivity contribution in [1.29, 1.82) is 0 Å². The van der Waals surface area contributed by atoms with Crippen LogP contribution in [0.5, 0.6) is 5.75 Å². The van der Waals surface area contributed by atoms with Crippen LogP contribution in [0.25, 0.3) is 10.9 Å². The Hall–Kier alpha value is -2.37. The van der Waals surface area contributed by atoms with Crippen molar-refractivity contribution in [3.63, 3.8) is 0 Å². The highest BCUT2D eigenvalue weighted by Crippen LogP contribution is 2.09. The maximum absolute atomic E-state index is 11.0. The van der Waals surface area contributed by atoms with Gasteiger partial charge in [0.25, 0.3) is 0 Å². The predicted molar refractivity (Wildman–Crippen MR) is 48.9 cm³/mol. The Morgan fingerprint density at radius 2 is 2.00 bits per heavy atom. The van der Waals surface area contributed by atoms with Crippen LogP contribution in [0.1, 0.15) is 0 Å². The monoisotopic (exact) mass is 200 g/mol. The Morgan fingerprint density at radius 3 is 2.87 bits per heavy atom. The first-order chi connectivity index (χ1) is 7.25. The first kappa shape index (κ1) is 7.98. The second kappa shape index (κ2) is 2.57. The van der Waals surface area contributed by atoms with Gasteiger partial charge in [-0.25, -0.2) is 14.8 Å². The molecule has 0 atom stereocenters. The number of nitrogens with zero attached hydrogens (tertiary/aromatic N) is 4.